The molecule has 0 bridgehead atoms. The maximum Gasteiger partial charge on any atom is 0.309 e. The van der Waals surface area contributed by atoms with E-state index in [1.807, 2.05) is 6.07 Å². The Balaban J connectivity index is 2.71. The molecular formula is C15H19ClN2O3. The van der Waals surface area contributed by atoms with Crippen molar-refractivity contribution in [1.29, 1.82) is 0 Å². The molecule has 0 aliphatic carbocycles. The lowest BCUT2D eigenvalue weighted by molar-refractivity contribution is -0.139. The van der Waals surface area contributed by atoms with Gasteiger partial charge in [0.05, 0.1) is 6.54 Å². The number of carbonyl (C=O) groups is 2. The minimum Gasteiger partial charge on any atom is -0.372 e. The standard InChI is InChI=1S/C15H19ClN2O3/c1-4-8-17-13(19)14(20)18-10-15(2,21-3)11-6-5-7-12(16)9-11/h4-7,9H,1,8,10H2,2-3H3,(H,17,19)(H,18,20). The number of amides is 2. The average Bonchev–Trinajstić information content (AvgIpc) is 2.49. The molecule has 2 N–H and O–H groups in total. The van der Waals surface area contributed by atoms with Crippen molar-refractivity contribution < 1.29 is 14.3 Å². The summed E-state index contributed by atoms with van der Waals surface area (Å²) in [4.78, 5) is 23.1. The summed E-state index contributed by atoms with van der Waals surface area (Å²) in [6, 6.07) is 7.16. The van der Waals surface area contributed by atoms with Gasteiger partial charge in [-0.25, -0.2) is 0 Å². The fourth-order valence-electron chi connectivity index (χ4n) is 1.68. The molecule has 0 aromatic heterocycles. The van der Waals surface area contributed by atoms with Crippen molar-refractivity contribution in [3.8, 4) is 0 Å². The third-order valence-electron chi connectivity index (χ3n) is 3.09. The highest BCUT2D eigenvalue weighted by Gasteiger charge is 2.28. The van der Waals surface area contributed by atoms with Crippen LogP contribution in [0.1, 0.15) is 12.5 Å². The number of hydrogen-bond donors (Lipinski definition) is 2. The summed E-state index contributed by atoms with van der Waals surface area (Å²) in [7, 11) is 1.53. The molecule has 0 radical (unpaired) electrons. The van der Waals surface area contributed by atoms with E-state index in [4.69, 9.17) is 16.3 Å². The van der Waals surface area contributed by atoms with Crippen molar-refractivity contribution in [2.75, 3.05) is 20.2 Å². The quantitative estimate of drug-likeness (QED) is 0.620. The Hall–Kier alpha value is -1.85. The van der Waals surface area contributed by atoms with E-state index in [9.17, 15) is 9.59 Å². The van der Waals surface area contributed by atoms with Crippen LogP contribution in [0.3, 0.4) is 0 Å². The van der Waals surface area contributed by atoms with Crippen molar-refractivity contribution in [2.24, 2.45) is 0 Å². The molecule has 1 aromatic rings. The lowest BCUT2D eigenvalue weighted by atomic mass is 9.95. The zero-order chi connectivity index (χ0) is 15.9. The van der Waals surface area contributed by atoms with E-state index in [0.717, 1.165) is 5.56 Å². The molecule has 1 unspecified atom stereocenters. The average molecular weight is 311 g/mol. The largest absolute Gasteiger partial charge is 0.372 e. The molecule has 1 aromatic carbocycles. The van der Waals surface area contributed by atoms with E-state index >= 15 is 0 Å². The Labute approximate surface area is 129 Å². The predicted octanol–water partition coefficient (Wildman–Crippen LogP) is 1.62. The Morgan fingerprint density at radius 2 is 2.05 bits per heavy atom. The normalized spacial score (nSPS) is 13.1. The molecule has 2 amide bonds. The number of benzene rings is 1. The molecule has 0 aliphatic heterocycles. The van der Waals surface area contributed by atoms with Crippen LogP contribution in [-0.4, -0.2) is 32.0 Å². The van der Waals surface area contributed by atoms with Crippen molar-refractivity contribution in [1.82, 2.24) is 10.6 Å². The van der Waals surface area contributed by atoms with Gasteiger partial charge in [-0.2, -0.15) is 0 Å². The van der Waals surface area contributed by atoms with Gasteiger partial charge in [-0.1, -0.05) is 29.8 Å². The van der Waals surface area contributed by atoms with Crippen molar-refractivity contribution >= 4 is 23.4 Å². The van der Waals surface area contributed by atoms with Crippen LogP contribution in [0.5, 0.6) is 0 Å². The van der Waals surface area contributed by atoms with Crippen LogP contribution < -0.4 is 10.6 Å². The van der Waals surface area contributed by atoms with E-state index in [-0.39, 0.29) is 13.1 Å². The summed E-state index contributed by atoms with van der Waals surface area (Å²) in [5.74, 6) is -1.43. The first-order chi connectivity index (χ1) is 9.92. The van der Waals surface area contributed by atoms with Gasteiger partial charge in [-0.05, 0) is 24.6 Å². The van der Waals surface area contributed by atoms with Crippen LogP contribution >= 0.6 is 11.6 Å². The highest BCUT2D eigenvalue weighted by Crippen LogP contribution is 2.26. The van der Waals surface area contributed by atoms with E-state index < -0.39 is 17.4 Å². The number of ether oxygens (including phenoxy) is 1. The first-order valence-electron chi connectivity index (χ1n) is 6.41. The predicted molar refractivity (Wildman–Crippen MR) is 82.0 cm³/mol. The Kier molecular flexibility index (Phi) is 6.39. The summed E-state index contributed by atoms with van der Waals surface area (Å²) in [6.45, 7) is 5.65. The summed E-state index contributed by atoms with van der Waals surface area (Å²) >= 11 is 5.96. The number of halogens is 1. The van der Waals surface area contributed by atoms with Gasteiger partial charge < -0.3 is 15.4 Å². The molecule has 5 nitrogen and oxygen atoms in total. The minimum absolute atomic E-state index is 0.143. The lowest BCUT2D eigenvalue weighted by Gasteiger charge is -2.29. The fourth-order valence-corrected chi connectivity index (χ4v) is 1.87. The number of methoxy groups -OCH3 is 1. The highest BCUT2D eigenvalue weighted by atomic mass is 35.5. The summed E-state index contributed by atoms with van der Waals surface area (Å²) in [5.41, 5.74) is 0.0310. The van der Waals surface area contributed by atoms with E-state index in [1.165, 1.54) is 13.2 Å². The fraction of sp³-hybridized carbons (Fsp3) is 0.333. The van der Waals surface area contributed by atoms with E-state index in [1.54, 1.807) is 25.1 Å². The highest BCUT2D eigenvalue weighted by molar-refractivity contribution is 6.35. The van der Waals surface area contributed by atoms with Crippen molar-refractivity contribution in [2.45, 2.75) is 12.5 Å². The first-order valence-corrected chi connectivity index (χ1v) is 6.79. The topological polar surface area (TPSA) is 67.4 Å². The molecule has 0 fully saturated rings. The number of carbonyl (C=O) groups excluding carboxylic acids is 2. The van der Waals surface area contributed by atoms with Crippen LogP contribution in [0.25, 0.3) is 0 Å². The minimum atomic E-state index is -0.778. The number of rotatable bonds is 6. The lowest BCUT2D eigenvalue weighted by Crippen LogP contribution is -2.46. The van der Waals surface area contributed by atoms with Crippen LogP contribution in [0.4, 0.5) is 0 Å². The molecule has 0 saturated heterocycles. The van der Waals surface area contributed by atoms with Gasteiger partial charge in [-0.3, -0.25) is 9.59 Å². The molecule has 21 heavy (non-hydrogen) atoms. The molecule has 114 valence electrons. The smallest absolute Gasteiger partial charge is 0.309 e. The van der Waals surface area contributed by atoms with Crippen LogP contribution in [0, 0.1) is 0 Å². The summed E-state index contributed by atoms with van der Waals surface area (Å²) < 4.78 is 5.47. The van der Waals surface area contributed by atoms with Crippen LogP contribution in [0.2, 0.25) is 5.02 Å². The summed E-state index contributed by atoms with van der Waals surface area (Å²) in [6.07, 6.45) is 1.50. The van der Waals surface area contributed by atoms with Gasteiger partial charge >= 0.3 is 11.8 Å². The zero-order valence-corrected chi connectivity index (χ0v) is 12.9. The van der Waals surface area contributed by atoms with Gasteiger partial charge in [0.1, 0.15) is 5.60 Å². The Bertz CT molecular complexity index is 533. The van der Waals surface area contributed by atoms with E-state index in [2.05, 4.69) is 17.2 Å². The van der Waals surface area contributed by atoms with Gasteiger partial charge in [0, 0.05) is 18.7 Å². The Morgan fingerprint density at radius 3 is 2.62 bits per heavy atom. The third kappa shape index (κ3) is 4.88. The second kappa shape index (κ2) is 7.81. The maximum absolute atomic E-state index is 11.7. The van der Waals surface area contributed by atoms with Crippen LogP contribution in [-0.2, 0) is 19.9 Å². The molecule has 0 spiro atoms. The van der Waals surface area contributed by atoms with Crippen molar-refractivity contribution in [3.05, 3.63) is 47.5 Å². The van der Waals surface area contributed by atoms with E-state index in [0.29, 0.717) is 5.02 Å². The molecular weight excluding hydrogens is 292 g/mol. The number of hydrogen-bond acceptors (Lipinski definition) is 3. The molecule has 1 atom stereocenters. The first kappa shape index (κ1) is 17.2. The molecule has 1 rings (SSSR count). The second-order valence-corrected chi connectivity index (χ2v) is 5.06. The van der Waals surface area contributed by atoms with Gasteiger partial charge in [0.2, 0.25) is 0 Å². The van der Waals surface area contributed by atoms with Gasteiger partial charge in [-0.15, -0.1) is 6.58 Å². The van der Waals surface area contributed by atoms with Crippen LogP contribution in [0.15, 0.2) is 36.9 Å². The Morgan fingerprint density at radius 1 is 1.38 bits per heavy atom. The maximum atomic E-state index is 11.7. The SMILES string of the molecule is C=CCNC(=O)C(=O)NCC(C)(OC)c1cccc(Cl)c1. The molecule has 0 heterocycles. The monoisotopic (exact) mass is 310 g/mol. The second-order valence-electron chi connectivity index (χ2n) is 4.63. The van der Waals surface area contributed by atoms with Gasteiger partial charge in [0.15, 0.2) is 0 Å². The number of nitrogens with one attached hydrogen (secondary N) is 2. The zero-order valence-electron chi connectivity index (χ0n) is 12.1. The molecule has 6 heteroatoms. The van der Waals surface area contributed by atoms with Gasteiger partial charge in [0.25, 0.3) is 0 Å². The molecule has 0 aliphatic rings. The van der Waals surface area contributed by atoms with Crippen molar-refractivity contribution in [3.63, 3.8) is 0 Å². The third-order valence-corrected chi connectivity index (χ3v) is 3.32. The summed E-state index contributed by atoms with van der Waals surface area (Å²) in [5, 5.41) is 5.53. The molecule has 0 saturated carbocycles.